The van der Waals surface area contributed by atoms with Crippen LogP contribution in [0, 0.1) is 0 Å². The number of amides is 1. The summed E-state index contributed by atoms with van der Waals surface area (Å²) in [4.78, 5) is 17.4. The third-order valence-corrected chi connectivity index (χ3v) is 6.47. The van der Waals surface area contributed by atoms with Gasteiger partial charge in [-0.15, -0.1) is 0 Å². The maximum Gasteiger partial charge on any atom is 0.249 e. The van der Waals surface area contributed by atoms with E-state index in [-0.39, 0.29) is 5.91 Å². The summed E-state index contributed by atoms with van der Waals surface area (Å²) in [5.41, 5.74) is 8.63. The number of hydrogen-bond acceptors (Lipinski definition) is 5. The van der Waals surface area contributed by atoms with E-state index in [1.165, 1.54) is 12.3 Å². The molecule has 1 heterocycles. The minimum absolute atomic E-state index is 0.279. The lowest BCUT2D eigenvalue weighted by Crippen LogP contribution is -2.18. The standard InChI is InChI=1S/C24H23BrN4O2S/c25-18-6-9-20(10-7-18)29-14-15-31-21-11-8-19(16-22(21)32-29)28-23(30)12-13-27-24(26)17-4-2-1-3-5-17/h2,4-13,16H,1,3,14-15H2,(H2,26,27)(H,28,30)/b13-12+. The Bertz CT molecular complexity index is 1110. The highest BCUT2D eigenvalue weighted by Crippen LogP contribution is 2.38. The van der Waals surface area contributed by atoms with Gasteiger partial charge in [-0.25, -0.2) is 4.99 Å². The second kappa shape index (κ2) is 10.6. The highest BCUT2D eigenvalue weighted by atomic mass is 79.9. The average Bonchev–Trinajstić information content (AvgIpc) is 3.02. The van der Waals surface area contributed by atoms with Crippen molar-refractivity contribution in [2.24, 2.45) is 10.7 Å². The number of aliphatic imine (C=N–C) groups is 1. The molecule has 0 radical (unpaired) electrons. The first-order valence-corrected chi connectivity index (χ1v) is 11.8. The van der Waals surface area contributed by atoms with Crippen LogP contribution in [0.15, 0.2) is 92.9 Å². The van der Waals surface area contributed by atoms with Gasteiger partial charge in [0.2, 0.25) is 5.91 Å². The van der Waals surface area contributed by atoms with Crippen molar-refractivity contribution in [1.82, 2.24) is 0 Å². The molecule has 164 valence electrons. The van der Waals surface area contributed by atoms with Gasteiger partial charge >= 0.3 is 0 Å². The molecule has 1 amide bonds. The van der Waals surface area contributed by atoms with Gasteiger partial charge in [0, 0.05) is 33.7 Å². The van der Waals surface area contributed by atoms with Crippen LogP contribution in [0.4, 0.5) is 11.4 Å². The zero-order chi connectivity index (χ0) is 22.3. The van der Waals surface area contributed by atoms with Gasteiger partial charge in [-0.2, -0.15) is 0 Å². The fraction of sp³-hybridized carbons (Fsp3) is 0.167. The number of amidine groups is 1. The van der Waals surface area contributed by atoms with Gasteiger partial charge in [0.25, 0.3) is 0 Å². The number of carbonyl (C=O) groups excluding carboxylic acids is 1. The summed E-state index contributed by atoms with van der Waals surface area (Å²) >= 11 is 5.06. The van der Waals surface area contributed by atoms with Crippen LogP contribution in [0.5, 0.6) is 5.75 Å². The smallest absolute Gasteiger partial charge is 0.249 e. The van der Waals surface area contributed by atoms with Crippen LogP contribution in [-0.4, -0.2) is 24.9 Å². The van der Waals surface area contributed by atoms with Crippen LogP contribution in [0.2, 0.25) is 0 Å². The first-order chi connectivity index (χ1) is 15.6. The molecule has 0 fully saturated rings. The fourth-order valence-electron chi connectivity index (χ4n) is 3.22. The molecule has 0 unspecified atom stereocenters. The summed E-state index contributed by atoms with van der Waals surface area (Å²) in [6.45, 7) is 1.33. The Labute approximate surface area is 200 Å². The highest BCUT2D eigenvalue weighted by Gasteiger charge is 2.18. The molecule has 2 aromatic carbocycles. The molecule has 4 rings (SSSR count). The quantitative estimate of drug-likeness (QED) is 0.242. The molecule has 1 aliphatic carbocycles. The van der Waals surface area contributed by atoms with Gasteiger partial charge in [0.15, 0.2) is 0 Å². The zero-order valence-electron chi connectivity index (χ0n) is 17.3. The maximum absolute atomic E-state index is 12.3. The third-order valence-electron chi connectivity index (χ3n) is 4.82. The Balaban J connectivity index is 1.42. The lowest BCUT2D eigenvalue weighted by molar-refractivity contribution is -0.111. The Hall–Kier alpha value is -2.97. The van der Waals surface area contributed by atoms with Crippen molar-refractivity contribution >= 4 is 51.0 Å². The number of nitrogens with one attached hydrogen (secondary N) is 1. The van der Waals surface area contributed by atoms with Gasteiger partial charge in [-0.1, -0.05) is 34.2 Å². The van der Waals surface area contributed by atoms with E-state index in [0.717, 1.165) is 45.8 Å². The number of ether oxygens (including phenoxy) is 1. The molecule has 0 bridgehead atoms. The summed E-state index contributed by atoms with van der Waals surface area (Å²) in [6, 6.07) is 13.8. The Morgan fingerprint density at radius 2 is 2.06 bits per heavy atom. The van der Waals surface area contributed by atoms with E-state index in [4.69, 9.17) is 10.5 Å². The number of nitrogens with zero attached hydrogens (tertiary/aromatic N) is 2. The second-order valence-corrected chi connectivity index (χ2v) is 9.12. The van der Waals surface area contributed by atoms with Crippen molar-refractivity contribution in [3.05, 3.63) is 83.0 Å². The van der Waals surface area contributed by atoms with Crippen molar-refractivity contribution < 1.29 is 9.53 Å². The number of rotatable bonds is 5. The maximum atomic E-state index is 12.3. The summed E-state index contributed by atoms with van der Waals surface area (Å²) in [7, 11) is 0. The van der Waals surface area contributed by atoms with Crippen LogP contribution in [0.1, 0.15) is 12.8 Å². The van der Waals surface area contributed by atoms with Crippen LogP contribution in [0.25, 0.3) is 0 Å². The van der Waals surface area contributed by atoms with E-state index in [1.54, 1.807) is 11.9 Å². The average molecular weight is 511 g/mol. The van der Waals surface area contributed by atoms with Gasteiger partial charge in [-0.3, -0.25) is 4.79 Å². The number of anilines is 2. The fourth-order valence-corrected chi connectivity index (χ4v) is 4.51. The molecule has 0 aromatic heterocycles. The van der Waals surface area contributed by atoms with Crippen molar-refractivity contribution in [2.45, 2.75) is 17.7 Å². The molecule has 3 N–H and O–H groups in total. The Kier molecular flexibility index (Phi) is 7.34. The Morgan fingerprint density at radius 1 is 1.22 bits per heavy atom. The summed E-state index contributed by atoms with van der Waals surface area (Å²) in [6.07, 6.45) is 10.8. The van der Waals surface area contributed by atoms with E-state index in [2.05, 4.69) is 48.8 Å². The topological polar surface area (TPSA) is 79.9 Å². The molecule has 1 aliphatic heterocycles. The summed E-state index contributed by atoms with van der Waals surface area (Å²) in [5, 5.41) is 2.87. The predicted molar refractivity (Wildman–Crippen MR) is 135 cm³/mol. The number of fused-ring (bicyclic) bond motifs is 1. The van der Waals surface area contributed by atoms with Crippen molar-refractivity contribution in [2.75, 3.05) is 22.8 Å². The first-order valence-electron chi connectivity index (χ1n) is 10.2. The largest absolute Gasteiger partial charge is 0.490 e. The van der Waals surface area contributed by atoms with E-state index in [0.29, 0.717) is 18.1 Å². The number of nitrogens with two attached hydrogens (primary N) is 1. The minimum Gasteiger partial charge on any atom is -0.490 e. The highest BCUT2D eigenvalue weighted by molar-refractivity contribution is 9.10. The molecular formula is C24H23BrN4O2S. The van der Waals surface area contributed by atoms with Gasteiger partial charge < -0.3 is 20.1 Å². The van der Waals surface area contributed by atoms with Gasteiger partial charge in [-0.05, 0) is 67.3 Å². The third kappa shape index (κ3) is 5.83. The van der Waals surface area contributed by atoms with E-state index in [9.17, 15) is 4.79 Å². The van der Waals surface area contributed by atoms with Crippen molar-refractivity contribution in [3.63, 3.8) is 0 Å². The van der Waals surface area contributed by atoms with Crippen LogP contribution < -0.4 is 20.1 Å². The normalized spacial score (nSPS) is 16.2. The SMILES string of the molecule is NC(=N/C=C/C(=O)Nc1ccc2c(c1)SN(c1ccc(Br)cc1)CCO2)C1=CCCC=C1. The van der Waals surface area contributed by atoms with Crippen LogP contribution in [0.3, 0.4) is 0 Å². The molecule has 0 spiro atoms. The lowest BCUT2D eigenvalue weighted by Gasteiger charge is -2.20. The van der Waals surface area contributed by atoms with Crippen molar-refractivity contribution in [1.29, 1.82) is 0 Å². The van der Waals surface area contributed by atoms with Crippen molar-refractivity contribution in [3.8, 4) is 5.75 Å². The van der Waals surface area contributed by atoms with Gasteiger partial charge in [0.1, 0.15) is 18.2 Å². The number of benzene rings is 2. The molecule has 0 atom stereocenters. The van der Waals surface area contributed by atoms with E-state index < -0.39 is 0 Å². The van der Waals surface area contributed by atoms with Gasteiger partial charge in [0.05, 0.1) is 11.4 Å². The predicted octanol–water partition coefficient (Wildman–Crippen LogP) is 5.44. The molecule has 8 heteroatoms. The molecule has 6 nitrogen and oxygen atoms in total. The number of hydrogen-bond donors (Lipinski definition) is 2. The van der Waals surface area contributed by atoms with Crippen LogP contribution in [-0.2, 0) is 4.79 Å². The van der Waals surface area contributed by atoms with Crippen LogP contribution >= 0.6 is 27.9 Å². The number of halogens is 1. The molecule has 0 saturated carbocycles. The minimum atomic E-state index is -0.279. The number of carbonyl (C=O) groups is 1. The molecule has 2 aromatic rings. The molecule has 32 heavy (non-hydrogen) atoms. The first kappa shape index (κ1) is 22.2. The second-order valence-electron chi connectivity index (χ2n) is 7.14. The summed E-state index contributed by atoms with van der Waals surface area (Å²) in [5.74, 6) is 0.921. The molecule has 0 saturated heterocycles. The van der Waals surface area contributed by atoms with E-state index in [1.807, 2.05) is 42.5 Å². The molecule has 2 aliphatic rings. The zero-order valence-corrected chi connectivity index (χ0v) is 19.7. The monoisotopic (exact) mass is 510 g/mol. The number of allylic oxidation sites excluding steroid dienone is 2. The Morgan fingerprint density at radius 3 is 2.84 bits per heavy atom. The van der Waals surface area contributed by atoms with E-state index >= 15 is 0 Å². The molecular weight excluding hydrogens is 488 g/mol. The summed E-state index contributed by atoms with van der Waals surface area (Å²) < 4.78 is 9.10. The lowest BCUT2D eigenvalue weighted by atomic mass is 10.1.